The Morgan fingerprint density at radius 1 is 1.29 bits per heavy atom. The van der Waals surface area contributed by atoms with E-state index in [1.54, 1.807) is 0 Å². The molecule has 1 aromatic rings. The molecule has 1 N–H and O–H groups in total. The van der Waals surface area contributed by atoms with Crippen LogP contribution in [0.5, 0.6) is 0 Å². The van der Waals surface area contributed by atoms with Gasteiger partial charge in [0, 0.05) is 12.2 Å². The van der Waals surface area contributed by atoms with Gasteiger partial charge in [0.2, 0.25) is 0 Å². The summed E-state index contributed by atoms with van der Waals surface area (Å²) in [4.78, 5) is 4.64. The number of nitrogens with zero attached hydrogens (tertiary/aromatic N) is 2. The van der Waals surface area contributed by atoms with Crippen LogP contribution in [0.3, 0.4) is 0 Å². The summed E-state index contributed by atoms with van der Waals surface area (Å²) < 4.78 is 0. The van der Waals surface area contributed by atoms with Crippen LogP contribution in [0.25, 0.3) is 0 Å². The van der Waals surface area contributed by atoms with Gasteiger partial charge in [-0.05, 0) is 44.2 Å². The number of fused-ring (bicyclic) bond motifs is 1. The van der Waals surface area contributed by atoms with Crippen molar-refractivity contribution in [3.05, 3.63) is 22.9 Å². The Balaban J connectivity index is 2.37. The first-order valence-corrected chi connectivity index (χ1v) is 6.52. The van der Waals surface area contributed by atoms with Crippen LogP contribution in [0.4, 0.5) is 5.82 Å². The van der Waals surface area contributed by atoms with Gasteiger partial charge in [-0.25, -0.2) is 4.98 Å². The van der Waals surface area contributed by atoms with Gasteiger partial charge in [0.1, 0.15) is 11.9 Å². The minimum absolute atomic E-state index is 0.686. The van der Waals surface area contributed by atoms with Crippen molar-refractivity contribution in [1.29, 1.82) is 5.26 Å². The molecular weight excluding hydrogens is 210 g/mol. The lowest BCUT2D eigenvalue weighted by atomic mass is 9.96. The fourth-order valence-corrected chi connectivity index (χ4v) is 2.37. The minimum atomic E-state index is 0.686. The highest BCUT2D eigenvalue weighted by Gasteiger charge is 2.12. The summed E-state index contributed by atoms with van der Waals surface area (Å²) in [6.07, 6.45) is 7.17. The number of hydrogen-bond acceptors (Lipinski definition) is 3. The highest BCUT2D eigenvalue weighted by Crippen LogP contribution is 2.23. The average Bonchev–Trinajstić information content (AvgIpc) is 2.31. The first kappa shape index (κ1) is 11.9. The van der Waals surface area contributed by atoms with Gasteiger partial charge >= 0.3 is 0 Å². The molecule has 0 atom stereocenters. The van der Waals surface area contributed by atoms with Crippen LogP contribution in [0.15, 0.2) is 6.07 Å². The van der Waals surface area contributed by atoms with Crippen LogP contribution in [0, 0.1) is 11.3 Å². The fraction of sp³-hybridized carbons (Fsp3) is 0.571. The summed E-state index contributed by atoms with van der Waals surface area (Å²) in [6, 6.07) is 4.27. The number of rotatable bonds is 2. The lowest BCUT2D eigenvalue weighted by molar-refractivity contribution is 0.609. The third-order valence-electron chi connectivity index (χ3n) is 3.27. The molecule has 0 spiro atoms. The standard InChI is InChI=1S/C14H19N3/c1-2-16-14-12(10-15)9-11-7-5-3-4-6-8-13(11)17-14/h9H,2-8H2,1H3,(H,16,17). The first-order valence-electron chi connectivity index (χ1n) is 6.52. The van der Waals surface area contributed by atoms with E-state index < -0.39 is 0 Å². The third-order valence-corrected chi connectivity index (χ3v) is 3.27. The number of nitrogens with one attached hydrogen (secondary N) is 1. The maximum Gasteiger partial charge on any atom is 0.144 e. The average molecular weight is 229 g/mol. The highest BCUT2D eigenvalue weighted by molar-refractivity contribution is 5.54. The molecule has 0 bridgehead atoms. The molecular formula is C14H19N3. The van der Waals surface area contributed by atoms with Gasteiger partial charge in [-0.2, -0.15) is 5.26 Å². The second-order valence-electron chi connectivity index (χ2n) is 4.55. The number of anilines is 1. The van der Waals surface area contributed by atoms with E-state index in [1.807, 2.05) is 13.0 Å². The van der Waals surface area contributed by atoms with Crippen molar-refractivity contribution < 1.29 is 0 Å². The molecule has 1 aromatic heterocycles. The van der Waals surface area contributed by atoms with Crippen LogP contribution in [0.2, 0.25) is 0 Å². The molecule has 0 fully saturated rings. The highest BCUT2D eigenvalue weighted by atomic mass is 15.0. The van der Waals surface area contributed by atoms with E-state index in [0.29, 0.717) is 5.56 Å². The van der Waals surface area contributed by atoms with Crippen LogP contribution >= 0.6 is 0 Å². The topological polar surface area (TPSA) is 48.7 Å². The molecule has 2 rings (SSSR count). The van der Waals surface area contributed by atoms with Crippen LogP contribution in [-0.4, -0.2) is 11.5 Å². The minimum Gasteiger partial charge on any atom is -0.369 e. The van der Waals surface area contributed by atoms with Gasteiger partial charge in [-0.15, -0.1) is 0 Å². The van der Waals surface area contributed by atoms with Crippen LogP contribution < -0.4 is 5.32 Å². The van der Waals surface area contributed by atoms with Crippen molar-refractivity contribution in [3.63, 3.8) is 0 Å². The number of aromatic nitrogens is 1. The zero-order valence-corrected chi connectivity index (χ0v) is 10.4. The Labute approximate surface area is 103 Å². The monoisotopic (exact) mass is 229 g/mol. The Bertz CT molecular complexity index is 432. The summed E-state index contributed by atoms with van der Waals surface area (Å²) in [5, 5.41) is 12.3. The van der Waals surface area contributed by atoms with Gasteiger partial charge in [0.15, 0.2) is 0 Å². The van der Waals surface area contributed by atoms with Gasteiger partial charge in [0.05, 0.1) is 5.56 Å². The van der Waals surface area contributed by atoms with Crippen LogP contribution in [-0.2, 0) is 12.8 Å². The molecule has 0 aliphatic heterocycles. The number of aryl methyl sites for hydroxylation is 2. The first-order chi connectivity index (χ1) is 8.35. The van der Waals surface area contributed by atoms with E-state index in [-0.39, 0.29) is 0 Å². The quantitative estimate of drug-likeness (QED) is 0.848. The molecule has 0 radical (unpaired) electrons. The molecule has 0 saturated carbocycles. The summed E-state index contributed by atoms with van der Waals surface area (Å²) in [5.74, 6) is 0.759. The third kappa shape index (κ3) is 2.76. The fourth-order valence-electron chi connectivity index (χ4n) is 2.37. The number of nitriles is 1. The van der Waals surface area contributed by atoms with E-state index in [9.17, 15) is 0 Å². The van der Waals surface area contributed by atoms with Crippen molar-refractivity contribution >= 4 is 5.82 Å². The molecule has 1 aliphatic rings. The SMILES string of the molecule is CCNc1nc2c(cc1C#N)CCCCCC2. The van der Waals surface area contributed by atoms with Gasteiger partial charge in [-0.3, -0.25) is 0 Å². The Kier molecular flexibility index (Phi) is 3.98. The van der Waals surface area contributed by atoms with Crippen molar-refractivity contribution in [2.24, 2.45) is 0 Å². The molecule has 0 saturated heterocycles. The van der Waals surface area contributed by atoms with Gasteiger partial charge in [0.25, 0.3) is 0 Å². The maximum absolute atomic E-state index is 9.14. The van der Waals surface area contributed by atoms with E-state index in [2.05, 4.69) is 16.4 Å². The predicted octanol–water partition coefficient (Wildman–Crippen LogP) is 3.04. The molecule has 0 aromatic carbocycles. The molecule has 3 nitrogen and oxygen atoms in total. The summed E-state index contributed by atoms with van der Waals surface area (Å²) in [6.45, 7) is 2.83. The van der Waals surface area contributed by atoms with Gasteiger partial charge in [-0.1, -0.05) is 12.8 Å². The Morgan fingerprint density at radius 3 is 2.76 bits per heavy atom. The largest absolute Gasteiger partial charge is 0.369 e. The normalized spacial score (nSPS) is 15.3. The molecule has 0 unspecified atom stereocenters. The van der Waals surface area contributed by atoms with Crippen LogP contribution in [0.1, 0.15) is 49.4 Å². The van der Waals surface area contributed by atoms with Crippen molar-refractivity contribution in [1.82, 2.24) is 4.98 Å². The lowest BCUT2D eigenvalue weighted by Crippen LogP contribution is -2.08. The summed E-state index contributed by atoms with van der Waals surface area (Å²) >= 11 is 0. The zero-order valence-electron chi connectivity index (χ0n) is 10.4. The Hall–Kier alpha value is -1.56. The molecule has 0 amide bonds. The van der Waals surface area contributed by atoms with E-state index in [0.717, 1.165) is 25.2 Å². The Morgan fingerprint density at radius 2 is 2.06 bits per heavy atom. The summed E-state index contributed by atoms with van der Waals surface area (Å²) in [7, 11) is 0. The molecule has 17 heavy (non-hydrogen) atoms. The van der Waals surface area contributed by atoms with E-state index in [4.69, 9.17) is 5.26 Å². The number of pyridine rings is 1. The van der Waals surface area contributed by atoms with Crippen molar-refractivity contribution in [2.45, 2.75) is 45.4 Å². The molecule has 1 aliphatic carbocycles. The second kappa shape index (κ2) is 5.67. The zero-order chi connectivity index (χ0) is 12.1. The predicted molar refractivity (Wildman–Crippen MR) is 69.0 cm³/mol. The molecule has 3 heteroatoms. The molecule has 1 heterocycles. The lowest BCUT2D eigenvalue weighted by Gasteiger charge is -2.15. The number of hydrogen-bond donors (Lipinski definition) is 1. The van der Waals surface area contributed by atoms with Crippen molar-refractivity contribution in [3.8, 4) is 6.07 Å². The van der Waals surface area contributed by atoms with E-state index in [1.165, 1.54) is 36.9 Å². The maximum atomic E-state index is 9.14. The second-order valence-corrected chi connectivity index (χ2v) is 4.55. The van der Waals surface area contributed by atoms with Gasteiger partial charge < -0.3 is 5.32 Å². The summed E-state index contributed by atoms with van der Waals surface area (Å²) in [5.41, 5.74) is 3.16. The van der Waals surface area contributed by atoms with Crippen molar-refractivity contribution in [2.75, 3.05) is 11.9 Å². The van der Waals surface area contributed by atoms with E-state index >= 15 is 0 Å². The smallest absolute Gasteiger partial charge is 0.144 e. The molecule has 90 valence electrons.